The average molecular weight is 231 g/mol. The van der Waals surface area contributed by atoms with Crippen LogP contribution in [0.1, 0.15) is 11.4 Å². The Morgan fingerprint density at radius 3 is 2.53 bits per heavy atom. The summed E-state index contributed by atoms with van der Waals surface area (Å²) in [6.07, 6.45) is 1.84. The molecule has 17 heavy (non-hydrogen) atoms. The van der Waals surface area contributed by atoms with E-state index in [1.165, 1.54) is 0 Å². The zero-order valence-corrected chi connectivity index (χ0v) is 10.3. The molecule has 2 heterocycles. The van der Waals surface area contributed by atoms with Crippen LogP contribution in [-0.2, 0) is 0 Å². The highest BCUT2D eigenvalue weighted by atomic mass is 15.3. The van der Waals surface area contributed by atoms with E-state index < -0.39 is 0 Å². The number of rotatable bonds is 2. The maximum Gasteiger partial charge on any atom is 0.147 e. The van der Waals surface area contributed by atoms with Gasteiger partial charge in [0.25, 0.3) is 0 Å². The summed E-state index contributed by atoms with van der Waals surface area (Å²) in [6, 6.07) is 2.19. The molecule has 0 saturated carbocycles. The molecule has 1 aromatic heterocycles. The maximum atomic E-state index is 8.64. The lowest BCUT2D eigenvalue weighted by Crippen LogP contribution is -2.46. The molecule has 0 unspecified atom stereocenters. The first-order chi connectivity index (χ1) is 8.20. The Hall–Kier alpha value is -1.67. The fourth-order valence-electron chi connectivity index (χ4n) is 1.92. The lowest BCUT2D eigenvalue weighted by molar-refractivity contribution is 0.286. The van der Waals surface area contributed by atoms with Crippen molar-refractivity contribution in [2.45, 2.75) is 13.8 Å². The van der Waals surface area contributed by atoms with Gasteiger partial charge in [-0.3, -0.25) is 9.88 Å². The molecule has 5 heteroatoms. The van der Waals surface area contributed by atoms with Crippen molar-refractivity contribution >= 4 is 5.82 Å². The third-order valence-corrected chi connectivity index (χ3v) is 3.17. The van der Waals surface area contributed by atoms with Crippen LogP contribution in [0, 0.1) is 25.2 Å². The normalized spacial score (nSPS) is 16.9. The molecule has 0 amide bonds. The van der Waals surface area contributed by atoms with Crippen LogP contribution in [0.3, 0.4) is 0 Å². The summed E-state index contributed by atoms with van der Waals surface area (Å²) in [7, 11) is 0. The van der Waals surface area contributed by atoms with Crippen LogP contribution < -0.4 is 4.90 Å². The molecule has 1 aromatic rings. The van der Waals surface area contributed by atoms with E-state index in [0.717, 1.165) is 43.4 Å². The quantitative estimate of drug-likeness (QED) is 0.703. The summed E-state index contributed by atoms with van der Waals surface area (Å²) >= 11 is 0. The molecular weight excluding hydrogens is 214 g/mol. The molecule has 0 bridgehead atoms. The van der Waals surface area contributed by atoms with Crippen molar-refractivity contribution in [1.29, 1.82) is 5.26 Å². The zero-order chi connectivity index (χ0) is 12.3. The largest absolute Gasteiger partial charge is 0.353 e. The van der Waals surface area contributed by atoms with E-state index in [1.807, 2.05) is 20.0 Å². The number of piperazine rings is 1. The van der Waals surface area contributed by atoms with Crippen molar-refractivity contribution in [2.24, 2.45) is 0 Å². The molecule has 0 N–H and O–H groups in total. The van der Waals surface area contributed by atoms with Gasteiger partial charge in [-0.2, -0.15) is 5.26 Å². The highest BCUT2D eigenvalue weighted by molar-refractivity contribution is 5.38. The molecule has 1 fully saturated rings. The Balaban J connectivity index is 2.01. The van der Waals surface area contributed by atoms with Crippen molar-refractivity contribution in [3.05, 3.63) is 17.6 Å². The third kappa shape index (κ3) is 2.71. The minimum absolute atomic E-state index is 0.520. The van der Waals surface area contributed by atoms with Crippen LogP contribution in [0.2, 0.25) is 0 Å². The third-order valence-electron chi connectivity index (χ3n) is 3.17. The van der Waals surface area contributed by atoms with E-state index in [9.17, 15) is 0 Å². The van der Waals surface area contributed by atoms with E-state index >= 15 is 0 Å². The first-order valence-electron chi connectivity index (χ1n) is 5.85. The molecule has 90 valence electrons. The number of nitriles is 1. The number of nitrogens with zero attached hydrogens (tertiary/aromatic N) is 5. The van der Waals surface area contributed by atoms with Gasteiger partial charge in [0, 0.05) is 26.2 Å². The van der Waals surface area contributed by atoms with Gasteiger partial charge in [-0.1, -0.05) is 0 Å². The maximum absolute atomic E-state index is 8.64. The van der Waals surface area contributed by atoms with Crippen molar-refractivity contribution in [3.63, 3.8) is 0 Å². The van der Waals surface area contributed by atoms with Gasteiger partial charge in [0.05, 0.1) is 30.2 Å². The van der Waals surface area contributed by atoms with E-state index in [2.05, 4.69) is 25.8 Å². The smallest absolute Gasteiger partial charge is 0.147 e. The van der Waals surface area contributed by atoms with Crippen molar-refractivity contribution in [3.8, 4) is 6.07 Å². The fourth-order valence-corrected chi connectivity index (χ4v) is 1.92. The van der Waals surface area contributed by atoms with Crippen LogP contribution in [0.25, 0.3) is 0 Å². The number of aryl methyl sites for hydroxylation is 2. The Bertz CT molecular complexity index is 429. The van der Waals surface area contributed by atoms with Gasteiger partial charge in [0.2, 0.25) is 0 Å². The highest BCUT2D eigenvalue weighted by Crippen LogP contribution is 2.14. The van der Waals surface area contributed by atoms with Crippen molar-refractivity contribution in [1.82, 2.24) is 14.9 Å². The predicted molar refractivity (Wildman–Crippen MR) is 65.8 cm³/mol. The molecule has 0 aliphatic carbocycles. The molecule has 2 rings (SSSR count). The number of aromatic nitrogens is 2. The first kappa shape index (κ1) is 11.8. The van der Waals surface area contributed by atoms with E-state index in [1.54, 1.807) is 0 Å². The Kier molecular flexibility index (Phi) is 3.55. The van der Waals surface area contributed by atoms with Gasteiger partial charge in [-0.25, -0.2) is 4.98 Å². The van der Waals surface area contributed by atoms with E-state index in [0.29, 0.717) is 6.54 Å². The van der Waals surface area contributed by atoms with Gasteiger partial charge >= 0.3 is 0 Å². The molecule has 0 atom stereocenters. The summed E-state index contributed by atoms with van der Waals surface area (Å²) in [5.74, 6) is 0.949. The topological polar surface area (TPSA) is 56.1 Å². The Labute approximate surface area is 102 Å². The van der Waals surface area contributed by atoms with Crippen LogP contribution in [0.4, 0.5) is 5.82 Å². The van der Waals surface area contributed by atoms with Crippen molar-refractivity contribution in [2.75, 3.05) is 37.6 Å². The standard InChI is InChI=1S/C12H17N5/c1-10-11(2)15-12(9-14-10)17-7-5-16(4-3-13)6-8-17/h9H,4-8H2,1-2H3. The van der Waals surface area contributed by atoms with Crippen LogP contribution in [0.15, 0.2) is 6.20 Å². The lowest BCUT2D eigenvalue weighted by Gasteiger charge is -2.34. The zero-order valence-electron chi connectivity index (χ0n) is 10.3. The van der Waals surface area contributed by atoms with Crippen LogP contribution in [0.5, 0.6) is 0 Å². The van der Waals surface area contributed by atoms with E-state index in [-0.39, 0.29) is 0 Å². The molecule has 0 spiro atoms. The van der Waals surface area contributed by atoms with Crippen LogP contribution in [-0.4, -0.2) is 47.6 Å². The molecule has 1 aliphatic heterocycles. The minimum atomic E-state index is 0.520. The second-order valence-corrected chi connectivity index (χ2v) is 4.32. The van der Waals surface area contributed by atoms with Gasteiger partial charge in [-0.15, -0.1) is 0 Å². The SMILES string of the molecule is Cc1ncc(N2CCN(CC#N)CC2)nc1C. The van der Waals surface area contributed by atoms with Crippen LogP contribution >= 0.6 is 0 Å². The summed E-state index contributed by atoms with van der Waals surface area (Å²) in [4.78, 5) is 13.3. The van der Waals surface area contributed by atoms with Gasteiger partial charge in [0.1, 0.15) is 5.82 Å². The average Bonchev–Trinajstić information content (AvgIpc) is 2.34. The Morgan fingerprint density at radius 2 is 1.94 bits per heavy atom. The summed E-state index contributed by atoms with van der Waals surface area (Å²) in [5, 5.41) is 8.64. The van der Waals surface area contributed by atoms with Gasteiger partial charge < -0.3 is 4.90 Å². The molecular formula is C12H17N5. The number of anilines is 1. The van der Waals surface area contributed by atoms with Gasteiger partial charge in [0.15, 0.2) is 0 Å². The highest BCUT2D eigenvalue weighted by Gasteiger charge is 2.18. The van der Waals surface area contributed by atoms with E-state index in [4.69, 9.17) is 5.26 Å². The summed E-state index contributed by atoms with van der Waals surface area (Å²) in [6.45, 7) is 8.14. The number of hydrogen-bond acceptors (Lipinski definition) is 5. The molecule has 5 nitrogen and oxygen atoms in total. The molecule has 0 aromatic carbocycles. The van der Waals surface area contributed by atoms with Crippen molar-refractivity contribution < 1.29 is 0 Å². The fraction of sp³-hybridized carbons (Fsp3) is 0.583. The monoisotopic (exact) mass is 231 g/mol. The molecule has 1 saturated heterocycles. The predicted octanol–water partition coefficient (Wildman–Crippen LogP) is 0.739. The minimum Gasteiger partial charge on any atom is -0.353 e. The Morgan fingerprint density at radius 1 is 1.24 bits per heavy atom. The second kappa shape index (κ2) is 5.11. The molecule has 1 aliphatic rings. The first-order valence-corrected chi connectivity index (χ1v) is 5.85. The lowest BCUT2D eigenvalue weighted by atomic mass is 10.3. The summed E-state index contributed by atoms with van der Waals surface area (Å²) < 4.78 is 0. The number of hydrogen-bond donors (Lipinski definition) is 0. The second-order valence-electron chi connectivity index (χ2n) is 4.32. The van der Waals surface area contributed by atoms with Gasteiger partial charge in [-0.05, 0) is 13.8 Å². The summed E-state index contributed by atoms with van der Waals surface area (Å²) in [5.41, 5.74) is 1.97. The molecule has 0 radical (unpaired) electrons.